The minimum Gasteiger partial charge on any atom is -0.315 e. The number of halogens is 2. The van der Waals surface area contributed by atoms with Gasteiger partial charge in [0.25, 0.3) is 10.0 Å². The second-order valence-electron chi connectivity index (χ2n) is 3.92. The number of hydrogen-bond acceptors (Lipinski definition) is 3. The summed E-state index contributed by atoms with van der Waals surface area (Å²) in [6.07, 6.45) is 2.02. The summed E-state index contributed by atoms with van der Waals surface area (Å²) in [5, 5.41) is 3.03. The third kappa shape index (κ3) is 3.11. The molecule has 1 unspecified atom stereocenters. The number of hydrogen-bond donors (Lipinski definition) is 1. The van der Waals surface area contributed by atoms with Crippen LogP contribution in [0.3, 0.4) is 0 Å². The fourth-order valence-electron chi connectivity index (χ4n) is 1.92. The monoisotopic (exact) mass is 256 g/mol. The van der Waals surface area contributed by atoms with Crippen molar-refractivity contribution < 1.29 is 17.2 Å². The molecule has 96 valence electrons. The van der Waals surface area contributed by atoms with Gasteiger partial charge in [-0.1, -0.05) is 6.92 Å². The smallest absolute Gasteiger partial charge is 0.315 e. The summed E-state index contributed by atoms with van der Waals surface area (Å²) < 4.78 is 48.9. The van der Waals surface area contributed by atoms with Crippen molar-refractivity contribution in [2.45, 2.75) is 38.0 Å². The molecule has 0 aromatic carbocycles. The molecular formula is C9H18F2N2O2S. The second-order valence-corrected chi connectivity index (χ2v) is 5.77. The van der Waals surface area contributed by atoms with Crippen LogP contribution in [0, 0.1) is 0 Å². The Balaban J connectivity index is 2.80. The topological polar surface area (TPSA) is 49.4 Å². The highest BCUT2D eigenvalue weighted by Crippen LogP contribution is 2.19. The zero-order chi connectivity index (χ0) is 12.2. The summed E-state index contributed by atoms with van der Waals surface area (Å²) in [7, 11) is -4.44. The standard InChI is InChI=1S/C9H18F2N2O2S/c1-2-6-13(16(14,15)9(10)11)8-4-3-5-12-7-8/h8-9,12H,2-7H2,1H3. The molecule has 0 aliphatic carbocycles. The molecule has 1 heterocycles. The lowest BCUT2D eigenvalue weighted by atomic mass is 10.1. The molecule has 4 nitrogen and oxygen atoms in total. The Morgan fingerprint density at radius 1 is 1.50 bits per heavy atom. The predicted octanol–water partition coefficient (Wildman–Crippen LogP) is 1.00. The van der Waals surface area contributed by atoms with E-state index in [9.17, 15) is 17.2 Å². The Kier molecular flexibility index (Phi) is 5.07. The number of rotatable bonds is 5. The number of nitrogens with zero attached hydrogens (tertiary/aromatic N) is 1. The molecule has 1 N–H and O–H groups in total. The average molecular weight is 256 g/mol. The lowest BCUT2D eigenvalue weighted by Gasteiger charge is -2.33. The quantitative estimate of drug-likeness (QED) is 0.798. The maximum atomic E-state index is 12.5. The highest BCUT2D eigenvalue weighted by molar-refractivity contribution is 7.89. The molecule has 1 aliphatic heterocycles. The van der Waals surface area contributed by atoms with E-state index in [4.69, 9.17) is 0 Å². The summed E-state index contributed by atoms with van der Waals surface area (Å²) in [6.45, 7) is 3.24. The lowest BCUT2D eigenvalue weighted by molar-refractivity contribution is 0.198. The summed E-state index contributed by atoms with van der Waals surface area (Å²) >= 11 is 0. The van der Waals surface area contributed by atoms with Crippen molar-refractivity contribution in [3.63, 3.8) is 0 Å². The summed E-state index contributed by atoms with van der Waals surface area (Å²) in [6, 6.07) is -0.326. The van der Waals surface area contributed by atoms with Crippen molar-refractivity contribution in [1.82, 2.24) is 9.62 Å². The van der Waals surface area contributed by atoms with Gasteiger partial charge in [-0.15, -0.1) is 0 Å². The van der Waals surface area contributed by atoms with Gasteiger partial charge in [-0.3, -0.25) is 0 Å². The maximum absolute atomic E-state index is 12.5. The van der Waals surface area contributed by atoms with Crippen LogP contribution >= 0.6 is 0 Å². The first-order valence-corrected chi connectivity index (χ1v) is 7.00. The normalized spacial score (nSPS) is 22.9. The van der Waals surface area contributed by atoms with E-state index in [0.717, 1.165) is 17.3 Å². The van der Waals surface area contributed by atoms with E-state index in [1.807, 2.05) is 0 Å². The molecule has 1 aliphatic rings. The van der Waals surface area contributed by atoms with Gasteiger partial charge in [0.05, 0.1) is 0 Å². The van der Waals surface area contributed by atoms with Gasteiger partial charge in [0.2, 0.25) is 0 Å². The number of piperidine rings is 1. The number of sulfonamides is 1. The summed E-state index contributed by atoms with van der Waals surface area (Å²) in [5.41, 5.74) is 0. The Hall–Kier alpha value is -0.270. The van der Waals surface area contributed by atoms with Crippen molar-refractivity contribution in [2.75, 3.05) is 19.6 Å². The van der Waals surface area contributed by atoms with Gasteiger partial charge < -0.3 is 5.32 Å². The third-order valence-electron chi connectivity index (χ3n) is 2.67. The van der Waals surface area contributed by atoms with Crippen LogP contribution in [-0.4, -0.2) is 44.2 Å². The molecule has 0 aromatic heterocycles. The first-order chi connectivity index (χ1) is 7.50. The Morgan fingerprint density at radius 3 is 2.62 bits per heavy atom. The molecule has 0 spiro atoms. The van der Waals surface area contributed by atoms with Crippen LogP contribution in [0.2, 0.25) is 0 Å². The number of nitrogens with one attached hydrogen (secondary N) is 1. The van der Waals surface area contributed by atoms with Crippen LogP contribution in [0.1, 0.15) is 26.2 Å². The molecule has 16 heavy (non-hydrogen) atoms. The van der Waals surface area contributed by atoms with E-state index in [0.29, 0.717) is 19.4 Å². The Morgan fingerprint density at radius 2 is 2.19 bits per heavy atom. The molecule has 0 radical (unpaired) electrons. The minimum absolute atomic E-state index is 0.166. The first-order valence-electron chi connectivity index (χ1n) is 5.49. The predicted molar refractivity (Wildman–Crippen MR) is 57.8 cm³/mol. The lowest BCUT2D eigenvalue weighted by Crippen LogP contribution is -2.50. The van der Waals surface area contributed by atoms with E-state index >= 15 is 0 Å². The van der Waals surface area contributed by atoms with Crippen molar-refractivity contribution >= 4 is 10.0 Å². The average Bonchev–Trinajstić information content (AvgIpc) is 2.26. The Bertz CT molecular complexity index is 303. The largest absolute Gasteiger partial charge is 0.350 e. The van der Waals surface area contributed by atoms with Gasteiger partial charge in [-0.2, -0.15) is 13.1 Å². The van der Waals surface area contributed by atoms with E-state index < -0.39 is 15.8 Å². The molecular weight excluding hydrogens is 238 g/mol. The second kappa shape index (κ2) is 5.88. The highest BCUT2D eigenvalue weighted by atomic mass is 32.2. The molecule has 1 rings (SSSR count). The highest BCUT2D eigenvalue weighted by Gasteiger charge is 2.36. The van der Waals surface area contributed by atoms with Crippen LogP contribution in [0.25, 0.3) is 0 Å². The van der Waals surface area contributed by atoms with Crippen LogP contribution in [0.4, 0.5) is 8.78 Å². The van der Waals surface area contributed by atoms with Gasteiger partial charge in [0, 0.05) is 19.1 Å². The van der Waals surface area contributed by atoms with Crippen molar-refractivity contribution in [3.8, 4) is 0 Å². The fraction of sp³-hybridized carbons (Fsp3) is 1.00. The first kappa shape index (κ1) is 13.8. The van der Waals surface area contributed by atoms with Gasteiger partial charge in [-0.25, -0.2) is 8.42 Å². The zero-order valence-corrected chi connectivity index (χ0v) is 10.1. The third-order valence-corrected chi connectivity index (χ3v) is 4.26. The number of alkyl halides is 2. The molecule has 0 saturated carbocycles. The van der Waals surface area contributed by atoms with E-state index in [-0.39, 0.29) is 12.6 Å². The molecule has 0 aromatic rings. The minimum atomic E-state index is -4.44. The fourth-order valence-corrected chi connectivity index (χ4v) is 3.16. The van der Waals surface area contributed by atoms with Gasteiger partial charge >= 0.3 is 5.76 Å². The Labute approximate surface area is 95.1 Å². The van der Waals surface area contributed by atoms with Crippen LogP contribution in [0.15, 0.2) is 0 Å². The molecule has 1 saturated heterocycles. The van der Waals surface area contributed by atoms with E-state index in [1.165, 1.54) is 0 Å². The van der Waals surface area contributed by atoms with E-state index in [2.05, 4.69) is 5.32 Å². The van der Waals surface area contributed by atoms with E-state index in [1.54, 1.807) is 6.92 Å². The molecule has 1 fully saturated rings. The maximum Gasteiger partial charge on any atom is 0.350 e. The van der Waals surface area contributed by atoms with Gasteiger partial charge in [-0.05, 0) is 25.8 Å². The summed E-state index contributed by atoms with van der Waals surface area (Å²) in [4.78, 5) is 0. The van der Waals surface area contributed by atoms with Gasteiger partial charge in [0.1, 0.15) is 0 Å². The van der Waals surface area contributed by atoms with Crippen molar-refractivity contribution in [2.24, 2.45) is 0 Å². The van der Waals surface area contributed by atoms with Crippen molar-refractivity contribution in [1.29, 1.82) is 0 Å². The zero-order valence-electron chi connectivity index (χ0n) is 9.33. The molecule has 7 heteroatoms. The van der Waals surface area contributed by atoms with Crippen LogP contribution < -0.4 is 5.32 Å². The summed E-state index contributed by atoms with van der Waals surface area (Å²) in [5.74, 6) is -3.32. The van der Waals surface area contributed by atoms with Crippen LogP contribution in [0.5, 0.6) is 0 Å². The van der Waals surface area contributed by atoms with Crippen LogP contribution in [-0.2, 0) is 10.0 Å². The van der Waals surface area contributed by atoms with Crippen molar-refractivity contribution in [3.05, 3.63) is 0 Å². The SMILES string of the molecule is CCCN(C1CCCNC1)S(=O)(=O)C(F)F. The molecule has 0 amide bonds. The molecule has 1 atom stereocenters. The van der Waals surface area contributed by atoms with Gasteiger partial charge in [0.15, 0.2) is 0 Å². The molecule has 0 bridgehead atoms.